The molecule has 0 fully saturated rings. The summed E-state index contributed by atoms with van der Waals surface area (Å²) in [6.45, 7) is 10.8. The van der Waals surface area contributed by atoms with Crippen LogP contribution in [0.5, 0.6) is 0 Å². The van der Waals surface area contributed by atoms with E-state index in [0.717, 1.165) is 37.9 Å². The van der Waals surface area contributed by atoms with Gasteiger partial charge in [-0.15, -0.1) is 0 Å². The van der Waals surface area contributed by atoms with Gasteiger partial charge in [0.05, 0.1) is 17.8 Å². The molecular weight excluding hydrogens is 348 g/mol. The van der Waals surface area contributed by atoms with Crippen LogP contribution in [-0.2, 0) is 5.54 Å². The molecule has 1 aromatic heterocycles. The number of hydrogen-bond donors (Lipinski definition) is 2. The highest BCUT2D eigenvalue weighted by Crippen LogP contribution is 2.40. The zero-order valence-corrected chi connectivity index (χ0v) is 17.9. The zero-order chi connectivity index (χ0) is 20.4. The highest BCUT2D eigenvalue weighted by Gasteiger charge is 2.37. The van der Waals surface area contributed by atoms with Crippen molar-refractivity contribution in [3.63, 3.8) is 0 Å². The highest BCUT2D eigenvalue weighted by atomic mass is 16.1. The number of nitrogens with one attached hydrogen (secondary N) is 2. The summed E-state index contributed by atoms with van der Waals surface area (Å²) in [5.74, 6) is 0.788. The molecule has 2 N–H and O–H groups in total. The normalized spacial score (nSPS) is 18.2. The van der Waals surface area contributed by atoms with E-state index < -0.39 is 0 Å². The molecule has 2 heterocycles. The number of hydrogen-bond acceptors (Lipinski definition) is 3. The molecule has 5 nitrogen and oxygen atoms in total. The van der Waals surface area contributed by atoms with Crippen molar-refractivity contribution in [1.29, 1.82) is 0 Å². The van der Waals surface area contributed by atoms with Crippen LogP contribution in [0.15, 0.2) is 36.5 Å². The molecule has 1 aliphatic rings. The van der Waals surface area contributed by atoms with E-state index >= 15 is 0 Å². The van der Waals surface area contributed by atoms with Gasteiger partial charge in [-0.05, 0) is 45.1 Å². The van der Waals surface area contributed by atoms with E-state index in [9.17, 15) is 4.79 Å². The van der Waals surface area contributed by atoms with E-state index in [1.54, 1.807) is 6.20 Å². The molecule has 1 atom stereocenters. The largest absolute Gasteiger partial charge is 0.363 e. The van der Waals surface area contributed by atoms with Gasteiger partial charge in [0, 0.05) is 5.54 Å². The average molecular weight is 383 g/mol. The number of nitrogens with zero attached hydrogens (tertiary/aromatic N) is 2. The van der Waals surface area contributed by atoms with Crippen LogP contribution >= 0.6 is 0 Å². The molecule has 0 aliphatic carbocycles. The minimum Gasteiger partial charge on any atom is -0.363 e. The van der Waals surface area contributed by atoms with Gasteiger partial charge in [0.25, 0.3) is 5.91 Å². The number of anilines is 1. The van der Waals surface area contributed by atoms with E-state index in [1.807, 2.05) is 10.7 Å². The molecule has 0 bridgehead atoms. The molecule has 1 amide bonds. The molecule has 0 radical (unpaired) electrons. The van der Waals surface area contributed by atoms with Crippen LogP contribution in [-0.4, -0.2) is 21.2 Å². The topological polar surface area (TPSA) is 59.0 Å². The standard InChI is InChI=1S/C23H34N4O/c1-6-14-23(7-2,8-3)26-21(28)18-16-24-27-20(18)25-19(15-22(27,4)5)17-12-10-9-11-13-17/h9-13,16,19,25H,6-8,14-15H2,1-5H3,(H,26,28)/t19-/m1/s1. The van der Waals surface area contributed by atoms with E-state index in [0.29, 0.717) is 5.56 Å². The van der Waals surface area contributed by atoms with Crippen molar-refractivity contribution in [1.82, 2.24) is 15.1 Å². The first kappa shape index (κ1) is 20.4. The molecule has 152 valence electrons. The minimum atomic E-state index is -0.171. The highest BCUT2D eigenvalue weighted by molar-refractivity contribution is 5.99. The van der Waals surface area contributed by atoms with Crippen molar-refractivity contribution in [2.75, 3.05) is 5.32 Å². The molecule has 28 heavy (non-hydrogen) atoms. The number of benzene rings is 1. The van der Waals surface area contributed by atoms with Crippen molar-refractivity contribution in [3.8, 4) is 0 Å². The summed E-state index contributed by atoms with van der Waals surface area (Å²) in [5.41, 5.74) is 1.55. The van der Waals surface area contributed by atoms with Gasteiger partial charge in [0.15, 0.2) is 0 Å². The molecule has 0 saturated heterocycles. The van der Waals surface area contributed by atoms with Crippen LogP contribution in [0, 0.1) is 0 Å². The summed E-state index contributed by atoms with van der Waals surface area (Å²) in [4.78, 5) is 13.2. The number of amides is 1. The second-order valence-electron chi connectivity index (χ2n) is 8.63. The summed E-state index contributed by atoms with van der Waals surface area (Å²) >= 11 is 0. The van der Waals surface area contributed by atoms with Gasteiger partial charge >= 0.3 is 0 Å². The lowest BCUT2D eigenvalue weighted by molar-refractivity contribution is 0.0885. The fraction of sp³-hybridized carbons (Fsp3) is 0.565. The summed E-state index contributed by atoms with van der Waals surface area (Å²) < 4.78 is 1.97. The number of carbonyl (C=O) groups is 1. The Morgan fingerprint density at radius 2 is 1.93 bits per heavy atom. The third-order valence-corrected chi connectivity index (χ3v) is 6.26. The van der Waals surface area contributed by atoms with Crippen LogP contribution in [0.2, 0.25) is 0 Å². The maximum absolute atomic E-state index is 13.2. The van der Waals surface area contributed by atoms with Crippen molar-refractivity contribution in [3.05, 3.63) is 47.7 Å². The Hall–Kier alpha value is -2.30. The van der Waals surface area contributed by atoms with Crippen LogP contribution in [0.25, 0.3) is 0 Å². The van der Waals surface area contributed by atoms with Crippen LogP contribution in [0.4, 0.5) is 5.82 Å². The van der Waals surface area contributed by atoms with E-state index in [-0.39, 0.29) is 23.0 Å². The second-order valence-corrected chi connectivity index (χ2v) is 8.63. The lowest BCUT2D eigenvalue weighted by Crippen LogP contribution is -2.47. The predicted octanol–water partition coefficient (Wildman–Crippen LogP) is 5.26. The summed E-state index contributed by atoms with van der Waals surface area (Å²) in [6, 6.07) is 10.6. The Balaban J connectivity index is 1.92. The van der Waals surface area contributed by atoms with Crippen LogP contribution < -0.4 is 10.6 Å². The van der Waals surface area contributed by atoms with Crippen LogP contribution in [0.3, 0.4) is 0 Å². The third kappa shape index (κ3) is 3.80. The average Bonchev–Trinajstić information content (AvgIpc) is 3.13. The SMILES string of the molecule is CCCC(CC)(CC)NC(=O)c1cnn2c1N[C@@H](c1ccccc1)CC2(C)C. The molecule has 2 aromatic rings. The van der Waals surface area contributed by atoms with Crippen molar-refractivity contribution >= 4 is 11.7 Å². The molecule has 0 spiro atoms. The van der Waals surface area contributed by atoms with Gasteiger partial charge in [0.2, 0.25) is 0 Å². The first-order valence-electron chi connectivity index (χ1n) is 10.6. The Morgan fingerprint density at radius 1 is 1.25 bits per heavy atom. The molecule has 3 rings (SSSR count). The first-order chi connectivity index (χ1) is 13.4. The monoisotopic (exact) mass is 382 g/mol. The second kappa shape index (κ2) is 7.98. The Morgan fingerprint density at radius 3 is 2.54 bits per heavy atom. The van der Waals surface area contributed by atoms with Gasteiger partial charge < -0.3 is 10.6 Å². The number of fused-ring (bicyclic) bond motifs is 1. The van der Waals surface area contributed by atoms with Gasteiger partial charge in [-0.25, -0.2) is 4.68 Å². The molecule has 0 saturated carbocycles. The summed E-state index contributed by atoms with van der Waals surface area (Å²) in [5, 5.41) is 11.5. The number of aromatic nitrogens is 2. The van der Waals surface area contributed by atoms with Gasteiger partial charge in [-0.1, -0.05) is 57.5 Å². The number of rotatable bonds is 7. The van der Waals surface area contributed by atoms with E-state index in [1.165, 1.54) is 5.56 Å². The molecule has 5 heteroatoms. The predicted molar refractivity (Wildman–Crippen MR) is 115 cm³/mol. The molecular formula is C23H34N4O. The zero-order valence-electron chi connectivity index (χ0n) is 17.9. The molecule has 1 aliphatic heterocycles. The fourth-order valence-corrected chi connectivity index (χ4v) is 4.43. The Bertz CT molecular complexity index is 805. The third-order valence-electron chi connectivity index (χ3n) is 6.26. The maximum Gasteiger partial charge on any atom is 0.257 e. The van der Waals surface area contributed by atoms with Crippen LogP contribution in [0.1, 0.15) is 88.7 Å². The van der Waals surface area contributed by atoms with Gasteiger partial charge in [-0.2, -0.15) is 5.10 Å². The summed E-state index contributed by atoms with van der Waals surface area (Å²) in [6.07, 6.45) is 6.53. The smallest absolute Gasteiger partial charge is 0.257 e. The summed E-state index contributed by atoms with van der Waals surface area (Å²) in [7, 11) is 0. The van der Waals surface area contributed by atoms with E-state index in [4.69, 9.17) is 0 Å². The lowest BCUT2D eigenvalue weighted by atomic mass is 9.87. The minimum absolute atomic E-state index is 0.0320. The molecule has 1 aromatic carbocycles. The maximum atomic E-state index is 13.2. The Labute approximate surface area is 168 Å². The van der Waals surface area contributed by atoms with Crippen molar-refractivity contribution in [2.45, 2.75) is 83.8 Å². The first-order valence-corrected chi connectivity index (χ1v) is 10.6. The quantitative estimate of drug-likeness (QED) is 0.686. The molecule has 0 unspecified atom stereocenters. The fourth-order valence-electron chi connectivity index (χ4n) is 4.43. The Kier molecular flexibility index (Phi) is 5.82. The number of carbonyl (C=O) groups excluding carboxylic acids is 1. The van der Waals surface area contributed by atoms with Crippen molar-refractivity contribution < 1.29 is 4.79 Å². The van der Waals surface area contributed by atoms with Gasteiger partial charge in [-0.3, -0.25) is 4.79 Å². The van der Waals surface area contributed by atoms with E-state index in [2.05, 4.69) is 74.6 Å². The van der Waals surface area contributed by atoms with Gasteiger partial charge in [0.1, 0.15) is 11.4 Å². The lowest BCUT2D eigenvalue weighted by Gasteiger charge is -2.38. The van der Waals surface area contributed by atoms with Crippen molar-refractivity contribution in [2.24, 2.45) is 0 Å².